The van der Waals surface area contributed by atoms with Crippen molar-refractivity contribution in [1.82, 2.24) is 10.2 Å². The molecule has 9 heteroatoms. The van der Waals surface area contributed by atoms with Crippen LogP contribution in [-0.2, 0) is 10.5 Å². The summed E-state index contributed by atoms with van der Waals surface area (Å²) in [6.07, 6.45) is -3.33. The Balaban J connectivity index is 1.95. The van der Waals surface area contributed by atoms with E-state index in [-0.39, 0.29) is 11.9 Å². The van der Waals surface area contributed by atoms with Crippen LogP contribution in [0.25, 0.3) is 0 Å². The van der Waals surface area contributed by atoms with Crippen molar-refractivity contribution in [1.29, 1.82) is 0 Å². The number of urea groups is 1. The Kier molecular flexibility index (Phi) is 6.56. The lowest BCUT2D eigenvalue weighted by atomic mass is 9.95. The van der Waals surface area contributed by atoms with Gasteiger partial charge in [0.1, 0.15) is 0 Å². The van der Waals surface area contributed by atoms with Crippen LogP contribution >= 0.6 is 0 Å². The second kappa shape index (κ2) is 8.36. The van der Waals surface area contributed by atoms with E-state index < -0.39 is 23.4 Å². The molecule has 1 fully saturated rings. The fourth-order valence-electron chi connectivity index (χ4n) is 3.10. The van der Waals surface area contributed by atoms with E-state index in [9.17, 15) is 27.2 Å². The molecule has 156 valence electrons. The lowest BCUT2D eigenvalue weighted by Crippen LogP contribution is -2.47. The van der Waals surface area contributed by atoms with Crippen molar-refractivity contribution < 1.29 is 27.2 Å². The van der Waals surface area contributed by atoms with Gasteiger partial charge in [-0.15, -0.1) is 0 Å². The van der Waals surface area contributed by atoms with E-state index in [2.05, 4.69) is 10.6 Å². The van der Waals surface area contributed by atoms with Gasteiger partial charge >= 0.3 is 12.2 Å². The van der Waals surface area contributed by atoms with E-state index in [0.29, 0.717) is 50.5 Å². The maximum atomic E-state index is 14.1. The molecule has 1 unspecified atom stereocenters. The Hall–Kier alpha value is -2.32. The minimum Gasteiger partial charge on any atom is -0.343 e. The van der Waals surface area contributed by atoms with Crippen molar-refractivity contribution in [3.63, 3.8) is 0 Å². The molecule has 1 aliphatic heterocycles. The van der Waals surface area contributed by atoms with Gasteiger partial charge in [-0.05, 0) is 43.9 Å². The quantitative estimate of drug-likeness (QED) is 0.738. The second-order valence-corrected chi connectivity index (χ2v) is 7.14. The summed E-state index contributed by atoms with van der Waals surface area (Å²) in [5.74, 6) is 0.0809. The number of anilines is 1. The number of hydrogen-bond acceptors (Lipinski definition) is 2. The minimum absolute atomic E-state index is 0.0809. The van der Waals surface area contributed by atoms with Crippen LogP contribution < -0.4 is 10.6 Å². The smallest absolute Gasteiger partial charge is 0.343 e. The zero-order valence-electron chi connectivity index (χ0n) is 16.1. The van der Waals surface area contributed by atoms with E-state index >= 15 is 0 Å². The van der Waals surface area contributed by atoms with Gasteiger partial charge in [-0.3, -0.25) is 4.79 Å². The molecule has 1 heterocycles. The molecule has 0 saturated carbocycles. The number of amides is 3. The van der Waals surface area contributed by atoms with Crippen molar-refractivity contribution in [2.75, 3.05) is 18.4 Å². The van der Waals surface area contributed by atoms with Crippen molar-refractivity contribution in [3.8, 4) is 0 Å². The number of rotatable bonds is 4. The second-order valence-electron chi connectivity index (χ2n) is 7.14. The molecule has 0 aliphatic carbocycles. The van der Waals surface area contributed by atoms with Crippen LogP contribution in [0.15, 0.2) is 18.2 Å². The van der Waals surface area contributed by atoms with Gasteiger partial charge in [0.2, 0.25) is 11.6 Å². The van der Waals surface area contributed by atoms with Gasteiger partial charge in [-0.2, -0.15) is 13.2 Å². The average molecular weight is 403 g/mol. The van der Waals surface area contributed by atoms with Crippen molar-refractivity contribution in [2.24, 2.45) is 0 Å². The van der Waals surface area contributed by atoms with Crippen LogP contribution in [0.4, 0.5) is 28.0 Å². The lowest BCUT2D eigenvalue weighted by molar-refractivity contribution is -0.228. The molecule has 1 saturated heterocycles. The standard InChI is InChI=1S/C19H25F4N3O2/c1-4-16(27)26-9-7-14(8-10-26)24-17(28)25-15-6-5-13(11-12(15)2)18(3,20)19(21,22)23/h5-6,11,14H,4,7-10H2,1-3H3,(H2,24,25,28). The van der Waals surface area contributed by atoms with Crippen molar-refractivity contribution in [2.45, 2.75) is 57.9 Å². The number of piperidine rings is 1. The molecular weight excluding hydrogens is 378 g/mol. The summed E-state index contributed by atoms with van der Waals surface area (Å²) < 4.78 is 52.6. The molecule has 0 radical (unpaired) electrons. The zero-order valence-corrected chi connectivity index (χ0v) is 16.1. The Morgan fingerprint density at radius 1 is 1.18 bits per heavy atom. The minimum atomic E-state index is -5.03. The normalized spacial score (nSPS) is 17.8. The van der Waals surface area contributed by atoms with Gasteiger partial charge in [0.05, 0.1) is 0 Å². The first-order valence-corrected chi connectivity index (χ1v) is 9.17. The third-order valence-corrected chi connectivity index (χ3v) is 5.03. The summed E-state index contributed by atoms with van der Waals surface area (Å²) in [7, 11) is 0. The largest absolute Gasteiger partial charge is 0.426 e. The molecule has 2 N–H and O–H groups in total. The number of alkyl halides is 4. The maximum absolute atomic E-state index is 14.1. The Morgan fingerprint density at radius 2 is 1.79 bits per heavy atom. The number of nitrogens with zero attached hydrogens (tertiary/aromatic N) is 1. The van der Waals surface area contributed by atoms with E-state index in [0.717, 1.165) is 12.1 Å². The summed E-state index contributed by atoms with van der Waals surface area (Å²) in [5, 5.41) is 5.38. The van der Waals surface area contributed by atoms with Crippen LogP contribution in [0.5, 0.6) is 0 Å². The number of nitrogens with one attached hydrogen (secondary N) is 2. The SMILES string of the molecule is CCC(=O)N1CCC(NC(=O)Nc2ccc(C(C)(F)C(F)(F)F)cc2C)CC1. The topological polar surface area (TPSA) is 61.4 Å². The van der Waals surface area contributed by atoms with E-state index in [1.54, 1.807) is 11.8 Å². The lowest BCUT2D eigenvalue weighted by Gasteiger charge is -2.32. The van der Waals surface area contributed by atoms with Crippen molar-refractivity contribution >= 4 is 17.6 Å². The highest BCUT2D eigenvalue weighted by molar-refractivity contribution is 5.90. The highest BCUT2D eigenvalue weighted by atomic mass is 19.4. The Morgan fingerprint density at radius 3 is 2.29 bits per heavy atom. The molecule has 2 rings (SSSR count). The molecule has 0 bridgehead atoms. The van der Waals surface area contributed by atoms with Crippen LogP contribution in [-0.4, -0.2) is 42.1 Å². The fourth-order valence-corrected chi connectivity index (χ4v) is 3.10. The maximum Gasteiger partial charge on any atom is 0.426 e. The van der Waals surface area contributed by atoms with Crippen LogP contribution in [0.2, 0.25) is 0 Å². The van der Waals surface area contributed by atoms with Gasteiger partial charge in [-0.25, -0.2) is 9.18 Å². The van der Waals surface area contributed by atoms with E-state index in [4.69, 9.17) is 0 Å². The van der Waals surface area contributed by atoms with Gasteiger partial charge in [0, 0.05) is 31.2 Å². The first-order valence-electron chi connectivity index (χ1n) is 9.17. The summed E-state index contributed by atoms with van der Waals surface area (Å²) in [5.41, 5.74) is -3.36. The van der Waals surface area contributed by atoms with Crippen LogP contribution in [0.1, 0.15) is 44.2 Å². The monoisotopic (exact) mass is 403 g/mol. The van der Waals surface area contributed by atoms with Gasteiger partial charge in [0.15, 0.2) is 0 Å². The summed E-state index contributed by atoms with van der Waals surface area (Å²) in [6, 6.07) is 2.77. The molecule has 28 heavy (non-hydrogen) atoms. The first-order chi connectivity index (χ1) is 13.0. The van der Waals surface area contributed by atoms with Crippen LogP contribution in [0, 0.1) is 6.92 Å². The summed E-state index contributed by atoms with van der Waals surface area (Å²) in [6.45, 7) is 4.90. The summed E-state index contributed by atoms with van der Waals surface area (Å²) >= 11 is 0. The fraction of sp³-hybridized carbons (Fsp3) is 0.579. The van der Waals surface area contributed by atoms with Crippen LogP contribution in [0.3, 0.4) is 0 Å². The molecule has 0 spiro atoms. The zero-order chi connectivity index (χ0) is 21.1. The molecule has 1 aromatic carbocycles. The predicted octanol–water partition coefficient (Wildman–Crippen LogP) is 4.26. The van der Waals surface area contributed by atoms with Gasteiger partial charge in [-0.1, -0.05) is 19.1 Å². The Bertz CT molecular complexity index is 726. The number of benzene rings is 1. The highest BCUT2D eigenvalue weighted by Gasteiger charge is 2.53. The molecule has 1 atom stereocenters. The molecular formula is C19H25F4N3O2. The average Bonchev–Trinajstić information content (AvgIpc) is 2.62. The predicted molar refractivity (Wildman–Crippen MR) is 97.7 cm³/mol. The number of likely N-dealkylation sites (tertiary alicyclic amines) is 1. The summed E-state index contributed by atoms with van der Waals surface area (Å²) in [4.78, 5) is 25.6. The molecule has 0 aromatic heterocycles. The number of carbonyl (C=O) groups is 2. The molecule has 1 aromatic rings. The van der Waals surface area contributed by atoms with Gasteiger partial charge in [0.25, 0.3) is 0 Å². The van der Waals surface area contributed by atoms with E-state index in [1.165, 1.54) is 13.0 Å². The third-order valence-electron chi connectivity index (χ3n) is 5.03. The number of hydrogen-bond donors (Lipinski definition) is 2. The highest BCUT2D eigenvalue weighted by Crippen LogP contribution is 2.42. The number of aryl methyl sites for hydroxylation is 1. The van der Waals surface area contributed by atoms with Gasteiger partial charge < -0.3 is 15.5 Å². The number of halogens is 4. The number of carbonyl (C=O) groups excluding carboxylic acids is 2. The molecule has 3 amide bonds. The van der Waals surface area contributed by atoms with Crippen molar-refractivity contribution in [3.05, 3.63) is 29.3 Å². The van der Waals surface area contributed by atoms with E-state index in [1.807, 2.05) is 0 Å². The Labute approximate surface area is 161 Å². The first kappa shape index (κ1) is 22.0. The third kappa shape index (κ3) is 4.94. The molecule has 1 aliphatic rings. The molecule has 5 nitrogen and oxygen atoms in total.